The lowest BCUT2D eigenvalue weighted by molar-refractivity contribution is 1.07. The van der Waals surface area contributed by atoms with Gasteiger partial charge in [-0.25, -0.2) is 15.0 Å². The smallest absolute Gasteiger partial charge is 0.164 e. The monoisotopic (exact) mass is 689 g/mol. The van der Waals surface area contributed by atoms with Gasteiger partial charge in [0.1, 0.15) is 0 Å². The largest absolute Gasteiger partial charge is 0.310 e. The number of para-hydroxylation sites is 3. The molecule has 0 aliphatic rings. The average molecular weight is 690 g/mol. The summed E-state index contributed by atoms with van der Waals surface area (Å²) in [6.07, 6.45) is 0. The number of aromatic nitrogens is 4. The molecule has 0 radical (unpaired) electrons. The van der Waals surface area contributed by atoms with Gasteiger partial charge < -0.3 is 9.30 Å². The van der Waals surface area contributed by atoms with Crippen molar-refractivity contribution in [2.45, 2.75) is 0 Å². The molecule has 0 saturated carbocycles. The Bertz CT molecular complexity index is 3040. The van der Waals surface area contributed by atoms with Crippen LogP contribution in [0.1, 0.15) is 0 Å². The van der Waals surface area contributed by atoms with Crippen LogP contribution >= 0.6 is 0 Å². The zero-order chi connectivity index (χ0) is 35.6. The Labute approximate surface area is 311 Å². The van der Waals surface area contributed by atoms with Crippen LogP contribution in [-0.4, -0.2) is 19.4 Å². The summed E-state index contributed by atoms with van der Waals surface area (Å²) in [7, 11) is 0. The quantitative estimate of drug-likeness (QED) is 0.129. The first-order valence-corrected chi connectivity index (χ1v) is 18.2. The molecule has 54 heavy (non-hydrogen) atoms. The molecule has 5 heteroatoms. The lowest BCUT2D eigenvalue weighted by Crippen LogP contribution is -2.10. The van der Waals surface area contributed by atoms with E-state index in [0.29, 0.717) is 17.5 Å². The Morgan fingerprint density at radius 3 is 1.48 bits per heavy atom. The number of nitrogens with zero attached hydrogens (tertiary/aromatic N) is 5. The van der Waals surface area contributed by atoms with E-state index in [4.69, 9.17) is 15.0 Å². The van der Waals surface area contributed by atoms with Crippen LogP contribution in [0.25, 0.3) is 83.0 Å². The van der Waals surface area contributed by atoms with Crippen molar-refractivity contribution in [2.75, 3.05) is 4.90 Å². The van der Waals surface area contributed by atoms with Crippen LogP contribution in [0, 0.1) is 0 Å². The minimum absolute atomic E-state index is 0.647. The van der Waals surface area contributed by atoms with Crippen molar-refractivity contribution in [3.63, 3.8) is 0 Å². The van der Waals surface area contributed by atoms with E-state index in [0.717, 1.165) is 44.7 Å². The average Bonchev–Trinajstić information content (AvgIpc) is 3.59. The maximum Gasteiger partial charge on any atom is 0.164 e. The molecule has 0 aliphatic carbocycles. The number of anilines is 3. The molecule has 0 fully saturated rings. The fourth-order valence-electron chi connectivity index (χ4n) is 8.17. The van der Waals surface area contributed by atoms with Gasteiger partial charge >= 0.3 is 0 Å². The normalized spacial score (nSPS) is 11.7. The van der Waals surface area contributed by atoms with Crippen LogP contribution in [0.2, 0.25) is 0 Å². The topological polar surface area (TPSA) is 46.3 Å². The van der Waals surface area contributed by atoms with Crippen LogP contribution in [0.4, 0.5) is 17.1 Å². The standard InChI is InChI=1S/C49H31N5/c1-5-15-32(16-6-1)47-50-48(33-17-7-2-8-18-33)52-49(51-47)34-27-29-43-41(31-34)39-24-13-23-38-37-28-30-42(40-25-14-26-44(45(37)40)54(43)46(38)39)53(35-19-9-3-10-20-35)36-21-11-4-12-22-36/h1-31H. The number of rotatable bonds is 6. The van der Waals surface area contributed by atoms with Crippen LogP contribution in [0.15, 0.2) is 188 Å². The first-order valence-electron chi connectivity index (χ1n) is 18.2. The molecule has 11 aromatic rings. The van der Waals surface area contributed by atoms with E-state index < -0.39 is 0 Å². The molecule has 8 aromatic carbocycles. The van der Waals surface area contributed by atoms with E-state index in [1.54, 1.807) is 0 Å². The SMILES string of the molecule is c1ccc(-c2nc(-c3ccccc3)nc(-c3ccc4c(c3)c3cccc5c6ccc(N(c7ccccc7)c7ccccc7)c7cccc(c76)n4c53)n2)cc1. The van der Waals surface area contributed by atoms with Gasteiger partial charge in [-0.05, 0) is 60.0 Å². The predicted molar refractivity (Wildman–Crippen MR) is 223 cm³/mol. The van der Waals surface area contributed by atoms with E-state index in [2.05, 4.69) is 137 Å². The first-order chi connectivity index (χ1) is 26.8. The van der Waals surface area contributed by atoms with Gasteiger partial charge in [-0.3, -0.25) is 0 Å². The lowest BCUT2D eigenvalue weighted by Gasteiger charge is -2.27. The number of pyridine rings is 1. The van der Waals surface area contributed by atoms with Crippen LogP contribution in [0.3, 0.4) is 0 Å². The number of fused-ring (bicyclic) bond motifs is 5. The molecular formula is C49H31N5. The number of hydrogen-bond acceptors (Lipinski definition) is 4. The summed E-state index contributed by atoms with van der Waals surface area (Å²) in [5.41, 5.74) is 9.76. The zero-order valence-corrected chi connectivity index (χ0v) is 29.1. The second-order valence-corrected chi connectivity index (χ2v) is 13.6. The summed E-state index contributed by atoms with van der Waals surface area (Å²) in [6.45, 7) is 0. The molecule has 11 rings (SSSR count). The molecule has 0 saturated heterocycles. The Hall–Kier alpha value is -7.37. The maximum atomic E-state index is 5.05. The second kappa shape index (κ2) is 12.1. The van der Waals surface area contributed by atoms with Gasteiger partial charge in [0, 0.05) is 55.0 Å². The molecule has 3 heterocycles. The molecule has 5 nitrogen and oxygen atoms in total. The molecule has 0 bridgehead atoms. The first kappa shape index (κ1) is 30.3. The predicted octanol–water partition coefficient (Wildman–Crippen LogP) is 12.6. The van der Waals surface area contributed by atoms with Crippen molar-refractivity contribution >= 4 is 65.9 Å². The summed E-state index contributed by atoms with van der Waals surface area (Å²) < 4.78 is 2.45. The Morgan fingerprint density at radius 2 is 0.870 bits per heavy atom. The fourth-order valence-corrected chi connectivity index (χ4v) is 8.17. The minimum atomic E-state index is 0.647. The number of hydrogen-bond donors (Lipinski definition) is 0. The lowest BCUT2D eigenvalue weighted by atomic mass is 9.97. The molecular weight excluding hydrogens is 659 g/mol. The highest BCUT2D eigenvalue weighted by Gasteiger charge is 2.22. The van der Waals surface area contributed by atoms with Crippen molar-refractivity contribution in [2.24, 2.45) is 0 Å². The summed E-state index contributed by atoms with van der Waals surface area (Å²) in [5.74, 6) is 1.95. The van der Waals surface area contributed by atoms with Crippen molar-refractivity contribution in [3.05, 3.63) is 188 Å². The highest BCUT2D eigenvalue weighted by atomic mass is 15.1. The van der Waals surface area contributed by atoms with E-state index in [1.807, 2.05) is 60.7 Å². The zero-order valence-electron chi connectivity index (χ0n) is 29.1. The number of benzene rings is 8. The molecule has 0 unspecified atom stereocenters. The summed E-state index contributed by atoms with van der Waals surface area (Å²) in [4.78, 5) is 17.4. The summed E-state index contributed by atoms with van der Waals surface area (Å²) >= 11 is 0. The Kier molecular flexibility index (Phi) is 6.79. The molecule has 0 amide bonds. The second-order valence-electron chi connectivity index (χ2n) is 13.6. The third-order valence-electron chi connectivity index (χ3n) is 10.5. The van der Waals surface area contributed by atoms with Crippen LogP contribution in [0.5, 0.6) is 0 Å². The van der Waals surface area contributed by atoms with Crippen molar-refractivity contribution in [3.8, 4) is 34.2 Å². The highest BCUT2D eigenvalue weighted by molar-refractivity contribution is 6.28. The molecule has 252 valence electrons. The minimum Gasteiger partial charge on any atom is -0.310 e. The van der Waals surface area contributed by atoms with Gasteiger partial charge in [-0.2, -0.15) is 0 Å². The van der Waals surface area contributed by atoms with Gasteiger partial charge in [-0.15, -0.1) is 0 Å². The van der Waals surface area contributed by atoms with Gasteiger partial charge in [0.05, 0.1) is 22.2 Å². The van der Waals surface area contributed by atoms with Gasteiger partial charge in [0.15, 0.2) is 17.5 Å². The van der Waals surface area contributed by atoms with Crippen LogP contribution in [-0.2, 0) is 0 Å². The van der Waals surface area contributed by atoms with Gasteiger partial charge in [0.25, 0.3) is 0 Å². The van der Waals surface area contributed by atoms with Crippen molar-refractivity contribution in [1.82, 2.24) is 19.4 Å². The van der Waals surface area contributed by atoms with Gasteiger partial charge in [0.2, 0.25) is 0 Å². The molecule has 3 aromatic heterocycles. The van der Waals surface area contributed by atoms with Gasteiger partial charge in [-0.1, -0.05) is 133 Å². The molecule has 0 atom stereocenters. The van der Waals surface area contributed by atoms with E-state index in [9.17, 15) is 0 Å². The van der Waals surface area contributed by atoms with Crippen molar-refractivity contribution in [1.29, 1.82) is 0 Å². The molecule has 0 aliphatic heterocycles. The maximum absolute atomic E-state index is 5.05. The van der Waals surface area contributed by atoms with Crippen LogP contribution < -0.4 is 4.90 Å². The Morgan fingerprint density at radius 1 is 0.352 bits per heavy atom. The van der Waals surface area contributed by atoms with E-state index in [-0.39, 0.29) is 0 Å². The molecule has 0 N–H and O–H groups in total. The summed E-state index contributed by atoms with van der Waals surface area (Å²) in [6, 6.07) is 66.2. The van der Waals surface area contributed by atoms with E-state index in [1.165, 1.54) is 38.0 Å². The summed E-state index contributed by atoms with van der Waals surface area (Å²) in [5, 5.41) is 7.27. The Balaban J connectivity index is 1.16. The molecule has 0 spiro atoms. The third-order valence-corrected chi connectivity index (χ3v) is 10.5. The third kappa shape index (κ3) is 4.69. The van der Waals surface area contributed by atoms with Crippen molar-refractivity contribution < 1.29 is 0 Å². The fraction of sp³-hybridized carbons (Fsp3) is 0. The highest BCUT2D eigenvalue weighted by Crippen LogP contribution is 2.46. The van der Waals surface area contributed by atoms with E-state index >= 15 is 0 Å².